The second-order valence-electron chi connectivity index (χ2n) is 14.4. The van der Waals surface area contributed by atoms with Crippen LogP contribution in [0.4, 0.5) is 17.8 Å². The largest absolute Gasteiger partial charge is 0.396 e. The molecular weight excluding hydrogens is 751 g/mol. The van der Waals surface area contributed by atoms with Crippen LogP contribution in [0.5, 0.6) is 0 Å². The molecule has 0 radical (unpaired) electrons. The lowest BCUT2D eigenvalue weighted by Gasteiger charge is -2.38. The molecule has 0 bridgehead atoms. The first-order valence-electron chi connectivity index (χ1n) is 20.1. The maximum atomic E-state index is 13.8. The summed E-state index contributed by atoms with van der Waals surface area (Å²) in [4.78, 5) is 49.3. The molecule has 0 saturated carbocycles. The highest BCUT2D eigenvalue weighted by molar-refractivity contribution is 5.81. The predicted molar refractivity (Wildman–Crippen MR) is 214 cm³/mol. The molecule has 318 valence electrons. The fourth-order valence-electron chi connectivity index (χ4n) is 6.59. The van der Waals surface area contributed by atoms with Gasteiger partial charge in [-0.2, -0.15) is 15.0 Å². The van der Waals surface area contributed by atoms with Crippen LogP contribution in [-0.2, 0) is 43.2 Å². The molecule has 2 fully saturated rings. The van der Waals surface area contributed by atoms with E-state index >= 15 is 0 Å². The summed E-state index contributed by atoms with van der Waals surface area (Å²) in [6, 6.07) is -0.515. The number of amides is 2. The van der Waals surface area contributed by atoms with Gasteiger partial charge in [-0.25, -0.2) is 9.36 Å². The molecule has 2 aliphatic rings. The van der Waals surface area contributed by atoms with Crippen molar-refractivity contribution in [3.63, 3.8) is 0 Å². The molecule has 0 spiro atoms. The minimum absolute atomic E-state index is 0.0213. The van der Waals surface area contributed by atoms with E-state index < -0.39 is 6.04 Å². The van der Waals surface area contributed by atoms with Crippen LogP contribution in [0.1, 0.15) is 44.1 Å². The van der Waals surface area contributed by atoms with Gasteiger partial charge in [0.2, 0.25) is 29.7 Å². The quantitative estimate of drug-likeness (QED) is 0.0717. The number of anilines is 3. The van der Waals surface area contributed by atoms with Crippen molar-refractivity contribution < 1.29 is 28.9 Å². The van der Waals surface area contributed by atoms with E-state index in [1.165, 1.54) is 0 Å². The Kier molecular flexibility index (Phi) is 17.8. The van der Waals surface area contributed by atoms with Gasteiger partial charge in [0.15, 0.2) is 0 Å². The van der Waals surface area contributed by atoms with Crippen LogP contribution in [0.15, 0.2) is 12.4 Å². The lowest BCUT2D eigenvalue weighted by molar-refractivity contribution is -0.137. The van der Waals surface area contributed by atoms with Crippen molar-refractivity contribution in [1.29, 1.82) is 0 Å². The Balaban J connectivity index is 1.18. The monoisotopic (exact) mass is 809 g/mol. The zero-order valence-corrected chi connectivity index (χ0v) is 33.8. The number of carbonyl (C=O) groups is 2. The first-order chi connectivity index (χ1) is 28.3. The summed E-state index contributed by atoms with van der Waals surface area (Å²) in [6.45, 7) is 11.6. The number of carbonyl (C=O) groups excluding carboxylic acids is 2. The van der Waals surface area contributed by atoms with Crippen LogP contribution in [0, 0.1) is 18.3 Å². The number of piperazine rings is 2. The summed E-state index contributed by atoms with van der Waals surface area (Å²) < 4.78 is 19.6. The van der Waals surface area contributed by atoms with Crippen LogP contribution in [0.2, 0.25) is 0 Å². The average Bonchev–Trinajstić information content (AvgIpc) is 3.89. The van der Waals surface area contributed by atoms with Gasteiger partial charge in [-0.3, -0.25) is 9.59 Å². The molecule has 0 aromatic carbocycles. The van der Waals surface area contributed by atoms with Crippen LogP contribution < -0.4 is 20.9 Å². The van der Waals surface area contributed by atoms with Crippen molar-refractivity contribution in [2.75, 3.05) is 127 Å². The smallest absolute Gasteiger partial charge is 0.247 e. The van der Waals surface area contributed by atoms with Crippen LogP contribution in [-0.4, -0.2) is 183 Å². The molecule has 3 aromatic heterocycles. The Morgan fingerprint density at radius 1 is 0.828 bits per heavy atom. The molecule has 2 aliphatic heterocycles. The van der Waals surface area contributed by atoms with Gasteiger partial charge in [-0.15, -0.1) is 16.6 Å². The number of terminal acetylenes is 1. The van der Waals surface area contributed by atoms with Gasteiger partial charge in [0.05, 0.1) is 44.4 Å². The maximum absolute atomic E-state index is 13.8. The summed E-state index contributed by atoms with van der Waals surface area (Å²) in [5.41, 5.74) is 7.10. The Morgan fingerprint density at radius 3 is 2.09 bits per heavy atom. The number of aliphatic hydroxyl groups excluding tert-OH is 1. The first kappa shape index (κ1) is 44.1. The van der Waals surface area contributed by atoms with E-state index in [1.807, 2.05) is 29.8 Å². The highest BCUT2D eigenvalue weighted by Crippen LogP contribution is 2.24. The van der Waals surface area contributed by atoms with E-state index in [-0.39, 0.29) is 37.5 Å². The van der Waals surface area contributed by atoms with E-state index in [4.69, 9.17) is 41.3 Å². The number of nitrogens with zero attached hydrogens (tertiary/aromatic N) is 13. The topological polar surface area (TPSA) is 233 Å². The normalized spacial score (nSPS) is 15.2. The van der Waals surface area contributed by atoms with E-state index in [0.717, 1.165) is 25.0 Å². The van der Waals surface area contributed by atoms with E-state index in [2.05, 4.69) is 41.7 Å². The maximum Gasteiger partial charge on any atom is 0.247 e. The number of aromatic nitrogens is 9. The average molecular weight is 810 g/mol. The lowest BCUT2D eigenvalue weighted by Crippen LogP contribution is -2.52. The van der Waals surface area contributed by atoms with Crippen molar-refractivity contribution in [2.24, 2.45) is 11.7 Å². The fourth-order valence-corrected chi connectivity index (χ4v) is 6.59. The lowest BCUT2D eigenvalue weighted by atomic mass is 10.0. The van der Waals surface area contributed by atoms with Crippen molar-refractivity contribution in [1.82, 2.24) is 54.7 Å². The third kappa shape index (κ3) is 13.3. The molecule has 21 heteroatoms. The summed E-state index contributed by atoms with van der Waals surface area (Å²) in [6.07, 6.45) is 11.8. The highest BCUT2D eigenvalue weighted by atomic mass is 16.5. The second kappa shape index (κ2) is 23.4. The van der Waals surface area contributed by atoms with Gasteiger partial charge in [0, 0.05) is 84.3 Å². The number of aryl methyl sites for hydroxylation is 1. The minimum atomic E-state index is -0.515. The number of rotatable bonds is 24. The fraction of sp³-hybridized carbons (Fsp3) is 0.703. The molecule has 2 saturated heterocycles. The molecule has 4 N–H and O–H groups in total. The minimum Gasteiger partial charge on any atom is -0.396 e. The molecule has 1 atom stereocenters. The number of nitrogens with one attached hydrogen (secondary N) is 1. The molecule has 21 nitrogen and oxygen atoms in total. The SMILES string of the molecule is C#CCOCCOCCOCCNc1nc(N2CCN(C(=O)Cn3cc(CCCCN)nn3)CC2)nc(N2CCN(C(=O)[C@H](C(C)C)n3cc(CCO)nn3)CC2)n1. The van der Waals surface area contributed by atoms with Gasteiger partial charge in [0.1, 0.15) is 19.2 Å². The molecule has 5 rings (SSSR count). The summed E-state index contributed by atoms with van der Waals surface area (Å²) in [5, 5.41) is 29.3. The summed E-state index contributed by atoms with van der Waals surface area (Å²) >= 11 is 0. The number of aliphatic hydroxyl groups is 1. The standard InChI is InChI=1S/C37H59N15O6/c1-4-20-56-22-24-58-25-23-57-21-10-39-35-40-36(49-15-11-47(12-16-49)32(54)28-51-26-30(43-45-51)7-5-6-9-38)42-37(41-35)50-17-13-48(14-18-50)34(55)33(29(2)3)52-27-31(8-19-53)44-46-52/h1,26-27,29,33,53H,5-25,28,38H2,2-3H3,(H,39,40,41,42)/t33-/m0/s1. The van der Waals surface area contributed by atoms with Crippen LogP contribution in [0.3, 0.4) is 0 Å². The zero-order chi connectivity index (χ0) is 41.1. The molecular formula is C37H59N15O6. The zero-order valence-electron chi connectivity index (χ0n) is 33.8. The van der Waals surface area contributed by atoms with Crippen molar-refractivity contribution in [2.45, 2.75) is 52.1 Å². The van der Waals surface area contributed by atoms with Crippen molar-refractivity contribution in [3.05, 3.63) is 23.8 Å². The van der Waals surface area contributed by atoms with Gasteiger partial charge in [-0.1, -0.05) is 30.2 Å². The van der Waals surface area contributed by atoms with E-state index in [9.17, 15) is 14.7 Å². The Labute approximate surface area is 339 Å². The molecule has 0 unspecified atom stereocenters. The molecule has 5 heterocycles. The molecule has 0 aliphatic carbocycles. The molecule has 3 aromatic rings. The van der Waals surface area contributed by atoms with E-state index in [0.29, 0.717) is 128 Å². The molecule has 58 heavy (non-hydrogen) atoms. The third-order valence-corrected chi connectivity index (χ3v) is 9.73. The predicted octanol–water partition coefficient (Wildman–Crippen LogP) is -1.14. The Bertz CT molecular complexity index is 1730. The van der Waals surface area contributed by atoms with Gasteiger partial charge < -0.3 is 50.0 Å². The molecule has 2 amide bonds. The number of ether oxygens (including phenoxy) is 3. The van der Waals surface area contributed by atoms with Crippen LogP contribution >= 0.6 is 0 Å². The van der Waals surface area contributed by atoms with Crippen molar-refractivity contribution >= 4 is 29.7 Å². The Hall–Kier alpha value is -5.01. The Morgan fingerprint density at radius 2 is 1.45 bits per heavy atom. The number of nitrogens with two attached hydrogens (primary N) is 1. The number of hydrogen-bond acceptors (Lipinski definition) is 17. The first-order valence-corrected chi connectivity index (χ1v) is 20.1. The van der Waals surface area contributed by atoms with Crippen LogP contribution in [0.25, 0.3) is 0 Å². The third-order valence-electron chi connectivity index (χ3n) is 9.73. The second-order valence-corrected chi connectivity index (χ2v) is 14.4. The summed E-state index contributed by atoms with van der Waals surface area (Å²) in [5.74, 6) is 3.74. The van der Waals surface area contributed by atoms with Gasteiger partial charge >= 0.3 is 0 Å². The summed E-state index contributed by atoms with van der Waals surface area (Å²) in [7, 11) is 0. The van der Waals surface area contributed by atoms with Gasteiger partial charge in [0.25, 0.3) is 0 Å². The number of unbranched alkanes of at least 4 members (excludes halogenated alkanes) is 1. The van der Waals surface area contributed by atoms with Gasteiger partial charge in [-0.05, 0) is 31.7 Å². The van der Waals surface area contributed by atoms with Crippen molar-refractivity contribution in [3.8, 4) is 12.3 Å². The highest BCUT2D eigenvalue weighted by Gasteiger charge is 2.33. The number of hydrogen-bond donors (Lipinski definition) is 3. The van der Waals surface area contributed by atoms with E-state index in [1.54, 1.807) is 15.6 Å².